The molecule has 19 heavy (non-hydrogen) atoms. The van der Waals surface area contributed by atoms with Crippen molar-refractivity contribution in [3.05, 3.63) is 47.9 Å². The molecule has 2 aromatic rings. The molecule has 0 saturated carbocycles. The van der Waals surface area contributed by atoms with Crippen molar-refractivity contribution in [1.82, 2.24) is 0 Å². The van der Waals surface area contributed by atoms with Crippen molar-refractivity contribution in [3.8, 4) is 0 Å². The molecule has 0 aliphatic rings. The van der Waals surface area contributed by atoms with Gasteiger partial charge in [0, 0.05) is 14.9 Å². The molecule has 1 atom stereocenters. The average molecular weight is 487 g/mol. The Bertz CT molecular complexity index is 652. The summed E-state index contributed by atoms with van der Waals surface area (Å²) in [6, 6.07) is 8.93. The van der Waals surface area contributed by atoms with E-state index < -0.39 is 10.8 Å². The predicted molar refractivity (Wildman–Crippen MR) is 89.5 cm³/mol. The number of thiophene rings is 1. The molecule has 0 amide bonds. The van der Waals surface area contributed by atoms with Gasteiger partial charge in [-0.15, -0.1) is 11.3 Å². The molecule has 0 N–H and O–H groups in total. The number of hydrogen-bond acceptors (Lipinski definition) is 3. The topological polar surface area (TPSA) is 34.1 Å². The molecule has 0 aliphatic heterocycles. The summed E-state index contributed by atoms with van der Waals surface area (Å²) in [6.45, 7) is 0. The summed E-state index contributed by atoms with van der Waals surface area (Å²) >= 11 is 11.4. The number of ketones is 1. The van der Waals surface area contributed by atoms with Crippen LogP contribution in [0.4, 0.5) is 0 Å². The molecule has 1 aromatic carbocycles. The van der Waals surface area contributed by atoms with Gasteiger partial charge in [-0.25, -0.2) is 0 Å². The Hall–Kier alpha value is 0.180. The summed E-state index contributed by atoms with van der Waals surface area (Å²) in [5.41, 5.74) is 0.570. The molecular weight excluding hydrogens is 480 g/mol. The van der Waals surface area contributed by atoms with Gasteiger partial charge in [0.25, 0.3) is 0 Å². The molecule has 2 rings (SSSR count). The van der Waals surface area contributed by atoms with Gasteiger partial charge in [0.2, 0.25) is 0 Å². The summed E-state index contributed by atoms with van der Waals surface area (Å²) in [5.74, 6) is -0.148. The van der Waals surface area contributed by atoms with E-state index in [2.05, 4.69) is 47.8 Å². The maximum absolute atomic E-state index is 12.1. The van der Waals surface area contributed by atoms with Crippen LogP contribution in [0.5, 0.6) is 0 Å². The minimum atomic E-state index is -1.33. The zero-order valence-electron chi connectivity index (χ0n) is 9.36. The highest BCUT2D eigenvalue weighted by Crippen LogP contribution is 2.32. The number of carbonyl (C=O) groups excluding carboxylic acids is 1. The molecule has 100 valence electrons. The van der Waals surface area contributed by atoms with Crippen LogP contribution >= 0.6 is 59.1 Å². The predicted octanol–water partition coefficient (Wildman–Crippen LogP) is 5.03. The standard InChI is InChI=1S/C12H7Br3O2S2/c13-7-2-1-3-8(4-7)19(17)6-10(16)9-5-11(14)18-12(9)15/h1-5H,6H2. The highest BCUT2D eigenvalue weighted by atomic mass is 79.9. The smallest absolute Gasteiger partial charge is 0.177 e. The summed E-state index contributed by atoms with van der Waals surface area (Å²) in [5, 5.41) is 0. The Kier molecular flexibility index (Phi) is 5.54. The first-order chi connectivity index (χ1) is 8.97. The highest BCUT2D eigenvalue weighted by Gasteiger charge is 2.17. The van der Waals surface area contributed by atoms with Crippen molar-refractivity contribution in [3.63, 3.8) is 0 Å². The first kappa shape index (κ1) is 15.6. The molecule has 2 nitrogen and oxygen atoms in total. The third kappa shape index (κ3) is 4.07. The Labute approximate surface area is 142 Å². The van der Waals surface area contributed by atoms with Crippen LogP contribution in [0, 0.1) is 0 Å². The Morgan fingerprint density at radius 2 is 1.95 bits per heavy atom. The third-order valence-electron chi connectivity index (χ3n) is 2.28. The molecule has 1 unspecified atom stereocenters. The van der Waals surface area contributed by atoms with Crippen molar-refractivity contribution >= 4 is 75.7 Å². The van der Waals surface area contributed by atoms with Crippen molar-refractivity contribution in [2.75, 3.05) is 5.75 Å². The zero-order chi connectivity index (χ0) is 14.0. The molecule has 1 heterocycles. The number of hydrogen-bond donors (Lipinski definition) is 0. The third-order valence-corrected chi connectivity index (χ3v) is 6.41. The number of rotatable bonds is 4. The van der Waals surface area contributed by atoms with Crippen LogP contribution in [-0.4, -0.2) is 15.7 Å². The minimum absolute atomic E-state index is 0.0156. The van der Waals surface area contributed by atoms with Crippen LogP contribution in [0.15, 0.2) is 47.3 Å². The SMILES string of the molecule is O=C(CS(=O)c1cccc(Br)c1)c1cc(Br)sc1Br. The fraction of sp³-hybridized carbons (Fsp3) is 0.0833. The minimum Gasteiger partial charge on any atom is -0.293 e. The molecule has 0 saturated heterocycles. The first-order valence-electron chi connectivity index (χ1n) is 5.09. The van der Waals surface area contributed by atoms with Gasteiger partial charge in [-0.3, -0.25) is 9.00 Å². The van der Waals surface area contributed by atoms with E-state index in [9.17, 15) is 9.00 Å². The molecule has 1 aromatic heterocycles. The van der Waals surface area contributed by atoms with E-state index in [1.807, 2.05) is 6.07 Å². The van der Waals surface area contributed by atoms with Gasteiger partial charge in [0.15, 0.2) is 5.78 Å². The van der Waals surface area contributed by atoms with Crippen LogP contribution < -0.4 is 0 Å². The van der Waals surface area contributed by atoms with Gasteiger partial charge in [-0.05, 0) is 56.1 Å². The number of Topliss-reactive ketones (excluding diaryl/α,β-unsaturated/α-hetero) is 1. The average Bonchev–Trinajstić information content (AvgIpc) is 2.68. The van der Waals surface area contributed by atoms with Crippen LogP contribution in [0.3, 0.4) is 0 Å². The molecule has 0 spiro atoms. The second-order valence-corrected chi connectivity index (χ2v) is 9.72. The van der Waals surface area contributed by atoms with E-state index in [4.69, 9.17) is 0 Å². The van der Waals surface area contributed by atoms with Crippen LogP contribution in [0.25, 0.3) is 0 Å². The number of benzene rings is 1. The second kappa shape index (κ2) is 6.76. The first-order valence-corrected chi connectivity index (χ1v) is 9.61. The van der Waals surface area contributed by atoms with E-state index in [-0.39, 0.29) is 11.5 Å². The second-order valence-electron chi connectivity index (χ2n) is 3.61. The molecule has 7 heteroatoms. The number of halogens is 3. The summed E-state index contributed by atoms with van der Waals surface area (Å²) in [7, 11) is -1.33. The summed E-state index contributed by atoms with van der Waals surface area (Å²) in [4.78, 5) is 12.7. The fourth-order valence-electron chi connectivity index (χ4n) is 1.42. The van der Waals surface area contributed by atoms with E-state index in [0.29, 0.717) is 10.5 Å². The van der Waals surface area contributed by atoms with Crippen molar-refractivity contribution in [2.24, 2.45) is 0 Å². The van der Waals surface area contributed by atoms with Gasteiger partial charge in [0.1, 0.15) is 0 Å². The van der Waals surface area contributed by atoms with E-state index in [1.165, 1.54) is 11.3 Å². The molecule has 0 aliphatic carbocycles. The van der Waals surface area contributed by atoms with Crippen molar-refractivity contribution in [2.45, 2.75) is 4.90 Å². The van der Waals surface area contributed by atoms with E-state index >= 15 is 0 Å². The van der Waals surface area contributed by atoms with Gasteiger partial charge >= 0.3 is 0 Å². The van der Waals surface area contributed by atoms with Gasteiger partial charge in [-0.2, -0.15) is 0 Å². The van der Waals surface area contributed by atoms with Crippen LogP contribution in [0.2, 0.25) is 0 Å². The lowest BCUT2D eigenvalue weighted by Crippen LogP contribution is -2.10. The maximum atomic E-state index is 12.1. The lowest BCUT2D eigenvalue weighted by molar-refractivity contribution is 0.102. The largest absolute Gasteiger partial charge is 0.293 e. The fourth-order valence-corrected chi connectivity index (χ4v) is 5.87. The van der Waals surface area contributed by atoms with Crippen LogP contribution in [0.1, 0.15) is 10.4 Å². The van der Waals surface area contributed by atoms with Crippen LogP contribution in [-0.2, 0) is 10.8 Å². The Morgan fingerprint density at radius 1 is 1.21 bits per heavy atom. The molecule has 0 fully saturated rings. The van der Waals surface area contributed by atoms with E-state index in [0.717, 1.165) is 12.0 Å². The highest BCUT2D eigenvalue weighted by molar-refractivity contribution is 9.12. The summed E-state index contributed by atoms with van der Waals surface area (Å²) in [6.07, 6.45) is 0. The van der Waals surface area contributed by atoms with Crippen molar-refractivity contribution in [1.29, 1.82) is 0 Å². The summed E-state index contributed by atoms with van der Waals surface area (Å²) < 4.78 is 14.6. The lowest BCUT2D eigenvalue weighted by atomic mass is 10.2. The lowest BCUT2D eigenvalue weighted by Gasteiger charge is -2.02. The van der Waals surface area contributed by atoms with Gasteiger partial charge in [0.05, 0.1) is 24.1 Å². The molecule has 0 bridgehead atoms. The Balaban J connectivity index is 2.15. The van der Waals surface area contributed by atoms with Crippen molar-refractivity contribution < 1.29 is 9.00 Å². The quantitative estimate of drug-likeness (QED) is 0.568. The maximum Gasteiger partial charge on any atom is 0.177 e. The monoisotopic (exact) mass is 484 g/mol. The molecular formula is C12H7Br3O2S2. The number of carbonyl (C=O) groups is 1. The Morgan fingerprint density at radius 3 is 2.53 bits per heavy atom. The zero-order valence-corrected chi connectivity index (χ0v) is 15.8. The van der Waals surface area contributed by atoms with Gasteiger partial charge < -0.3 is 0 Å². The normalized spacial score (nSPS) is 12.4. The van der Waals surface area contributed by atoms with E-state index in [1.54, 1.807) is 24.3 Å². The molecule has 0 radical (unpaired) electrons. The van der Waals surface area contributed by atoms with Gasteiger partial charge in [-0.1, -0.05) is 22.0 Å².